The average Bonchev–Trinajstić information content (AvgIpc) is 2.78. The molecule has 0 bridgehead atoms. The summed E-state index contributed by atoms with van der Waals surface area (Å²) in [5.74, 6) is 0.571. The van der Waals surface area contributed by atoms with Gasteiger partial charge in [0.05, 0.1) is 11.0 Å². The molecule has 0 spiro atoms. The third-order valence-electron chi connectivity index (χ3n) is 3.39. The molecule has 1 fully saturated rings. The fourth-order valence-electron chi connectivity index (χ4n) is 2.30. The smallest absolute Gasteiger partial charge is 0.311 e. The van der Waals surface area contributed by atoms with Crippen molar-refractivity contribution in [3.8, 4) is 0 Å². The molecule has 2 unspecified atom stereocenters. The van der Waals surface area contributed by atoms with Gasteiger partial charge in [-0.25, -0.2) is 4.98 Å². The highest BCUT2D eigenvalue weighted by Gasteiger charge is 2.30. The molecule has 1 aromatic rings. The quantitative estimate of drug-likeness (QED) is 0.650. The van der Waals surface area contributed by atoms with E-state index in [1.165, 1.54) is 6.07 Å². The van der Waals surface area contributed by atoms with Crippen LogP contribution in [0.4, 0.5) is 11.5 Å². The number of pyridine rings is 1. The van der Waals surface area contributed by atoms with Crippen LogP contribution in [-0.2, 0) is 0 Å². The van der Waals surface area contributed by atoms with Crippen molar-refractivity contribution in [2.45, 2.75) is 26.4 Å². The lowest BCUT2D eigenvalue weighted by molar-refractivity contribution is -0.384. The number of anilines is 1. The lowest BCUT2D eigenvalue weighted by Gasteiger charge is -2.18. The first-order valence-corrected chi connectivity index (χ1v) is 6.03. The highest BCUT2D eigenvalue weighted by molar-refractivity contribution is 5.59. The highest BCUT2D eigenvalue weighted by atomic mass is 16.6. The largest absolute Gasteiger partial charge is 0.393 e. The fourth-order valence-corrected chi connectivity index (χ4v) is 2.30. The fraction of sp³-hybridized carbons (Fsp3) is 0.583. The molecule has 6 nitrogen and oxygen atoms in total. The van der Waals surface area contributed by atoms with E-state index in [4.69, 9.17) is 0 Å². The summed E-state index contributed by atoms with van der Waals surface area (Å²) in [6, 6.07) is 1.54. The maximum atomic E-state index is 11.0. The van der Waals surface area contributed by atoms with Gasteiger partial charge >= 0.3 is 5.69 Å². The minimum Gasteiger partial charge on any atom is -0.393 e. The summed E-state index contributed by atoms with van der Waals surface area (Å²) >= 11 is 0. The summed E-state index contributed by atoms with van der Waals surface area (Å²) in [4.78, 5) is 16.7. The van der Waals surface area contributed by atoms with E-state index in [0.29, 0.717) is 18.9 Å². The first-order valence-electron chi connectivity index (χ1n) is 6.03. The van der Waals surface area contributed by atoms with Crippen molar-refractivity contribution < 1.29 is 10.0 Å². The molecule has 1 aliphatic rings. The first-order chi connectivity index (χ1) is 8.49. The van der Waals surface area contributed by atoms with Crippen LogP contribution in [0, 0.1) is 23.0 Å². The highest BCUT2D eigenvalue weighted by Crippen LogP contribution is 2.31. The van der Waals surface area contributed by atoms with Crippen LogP contribution < -0.4 is 4.90 Å². The molecule has 98 valence electrons. The molecule has 1 saturated heterocycles. The third kappa shape index (κ3) is 2.43. The lowest BCUT2D eigenvalue weighted by Crippen LogP contribution is -2.25. The molecule has 2 atom stereocenters. The zero-order chi connectivity index (χ0) is 13.3. The molecule has 0 amide bonds. The van der Waals surface area contributed by atoms with Crippen molar-refractivity contribution in [3.05, 3.63) is 27.9 Å². The van der Waals surface area contributed by atoms with E-state index >= 15 is 0 Å². The molecule has 0 aromatic carbocycles. The zero-order valence-electron chi connectivity index (χ0n) is 10.5. The number of aromatic nitrogens is 1. The Balaban J connectivity index is 2.27. The predicted molar refractivity (Wildman–Crippen MR) is 67.6 cm³/mol. The second kappa shape index (κ2) is 4.89. The molecule has 18 heavy (non-hydrogen) atoms. The van der Waals surface area contributed by atoms with E-state index in [-0.39, 0.29) is 17.7 Å². The number of aryl methyl sites for hydroxylation is 1. The van der Waals surface area contributed by atoms with Gasteiger partial charge in [0.2, 0.25) is 5.82 Å². The van der Waals surface area contributed by atoms with Crippen molar-refractivity contribution in [2.75, 3.05) is 18.0 Å². The van der Waals surface area contributed by atoms with Gasteiger partial charge in [0.1, 0.15) is 0 Å². The SMILES string of the molecule is Cc1cnc(N2CCC(C(C)O)C2)c([N+](=O)[O-])c1. The van der Waals surface area contributed by atoms with Gasteiger partial charge in [-0.05, 0) is 25.8 Å². The van der Waals surface area contributed by atoms with Crippen LogP contribution in [0.2, 0.25) is 0 Å². The number of hydrogen-bond donors (Lipinski definition) is 1. The Morgan fingerprint density at radius 3 is 2.94 bits per heavy atom. The van der Waals surface area contributed by atoms with Gasteiger partial charge in [0, 0.05) is 31.3 Å². The van der Waals surface area contributed by atoms with Crippen molar-refractivity contribution in [2.24, 2.45) is 5.92 Å². The number of rotatable bonds is 3. The first kappa shape index (κ1) is 12.8. The Labute approximate surface area is 105 Å². The summed E-state index contributed by atoms with van der Waals surface area (Å²) < 4.78 is 0. The van der Waals surface area contributed by atoms with E-state index in [9.17, 15) is 15.2 Å². The van der Waals surface area contributed by atoms with Gasteiger partial charge < -0.3 is 10.0 Å². The second-order valence-electron chi connectivity index (χ2n) is 4.85. The van der Waals surface area contributed by atoms with Crippen LogP contribution in [0.3, 0.4) is 0 Å². The Hall–Kier alpha value is -1.69. The van der Waals surface area contributed by atoms with Gasteiger partial charge in [-0.1, -0.05) is 0 Å². The van der Waals surface area contributed by atoms with Crippen LogP contribution in [0.5, 0.6) is 0 Å². The minimum atomic E-state index is -0.398. The number of nitrogens with zero attached hydrogens (tertiary/aromatic N) is 3. The number of nitro groups is 1. The molecular weight excluding hydrogens is 234 g/mol. The summed E-state index contributed by atoms with van der Waals surface area (Å²) in [5.41, 5.74) is 0.818. The van der Waals surface area contributed by atoms with Crippen LogP contribution in [0.15, 0.2) is 12.3 Å². The number of hydrogen-bond acceptors (Lipinski definition) is 5. The van der Waals surface area contributed by atoms with Gasteiger partial charge in [-0.15, -0.1) is 0 Å². The van der Waals surface area contributed by atoms with Crippen molar-refractivity contribution in [1.82, 2.24) is 4.98 Å². The molecular formula is C12H17N3O3. The Bertz CT molecular complexity index is 462. The van der Waals surface area contributed by atoms with Crippen molar-refractivity contribution in [3.63, 3.8) is 0 Å². The Morgan fingerprint density at radius 1 is 1.67 bits per heavy atom. The number of aliphatic hydroxyl groups excluding tert-OH is 1. The van der Waals surface area contributed by atoms with Gasteiger partial charge in [-0.3, -0.25) is 10.1 Å². The van der Waals surface area contributed by atoms with Crippen molar-refractivity contribution >= 4 is 11.5 Å². The molecule has 1 aromatic heterocycles. The van der Waals surface area contributed by atoms with E-state index < -0.39 is 4.92 Å². The third-order valence-corrected chi connectivity index (χ3v) is 3.39. The standard InChI is InChI=1S/C12H17N3O3/c1-8-5-11(15(17)18)12(13-6-8)14-4-3-10(7-14)9(2)16/h5-6,9-10,16H,3-4,7H2,1-2H3. The van der Waals surface area contributed by atoms with Crippen molar-refractivity contribution in [1.29, 1.82) is 0 Å². The monoisotopic (exact) mass is 251 g/mol. The predicted octanol–water partition coefficient (Wildman–Crippen LogP) is 1.51. The van der Waals surface area contributed by atoms with Gasteiger partial charge in [0.15, 0.2) is 0 Å². The molecule has 6 heteroatoms. The summed E-state index contributed by atoms with van der Waals surface area (Å²) in [5, 5.41) is 20.6. The number of aliphatic hydroxyl groups is 1. The maximum absolute atomic E-state index is 11.0. The normalized spacial score (nSPS) is 21.1. The van der Waals surface area contributed by atoms with Crippen LogP contribution in [-0.4, -0.2) is 34.2 Å². The van der Waals surface area contributed by atoms with Crippen LogP contribution in [0.1, 0.15) is 18.9 Å². The second-order valence-corrected chi connectivity index (χ2v) is 4.85. The summed E-state index contributed by atoms with van der Waals surface area (Å²) in [6.07, 6.45) is 2.09. The summed E-state index contributed by atoms with van der Waals surface area (Å²) in [7, 11) is 0. The topological polar surface area (TPSA) is 79.5 Å². The minimum absolute atomic E-state index is 0.0428. The van der Waals surface area contributed by atoms with E-state index in [1.807, 2.05) is 4.90 Å². The van der Waals surface area contributed by atoms with E-state index in [0.717, 1.165) is 12.0 Å². The Morgan fingerprint density at radius 2 is 2.39 bits per heavy atom. The average molecular weight is 251 g/mol. The zero-order valence-corrected chi connectivity index (χ0v) is 10.5. The lowest BCUT2D eigenvalue weighted by atomic mass is 10.0. The molecule has 2 rings (SSSR count). The van der Waals surface area contributed by atoms with E-state index in [2.05, 4.69) is 4.98 Å². The molecule has 1 N–H and O–H groups in total. The maximum Gasteiger partial charge on any atom is 0.311 e. The molecule has 1 aliphatic heterocycles. The van der Waals surface area contributed by atoms with Crippen LogP contribution >= 0.6 is 0 Å². The van der Waals surface area contributed by atoms with Gasteiger partial charge in [-0.2, -0.15) is 0 Å². The van der Waals surface area contributed by atoms with E-state index in [1.54, 1.807) is 20.0 Å². The molecule has 0 radical (unpaired) electrons. The Kier molecular flexibility index (Phi) is 3.47. The van der Waals surface area contributed by atoms with Crippen LogP contribution in [0.25, 0.3) is 0 Å². The molecule has 0 saturated carbocycles. The molecule has 2 heterocycles. The summed E-state index contributed by atoms with van der Waals surface area (Å²) in [6.45, 7) is 4.86. The molecule has 0 aliphatic carbocycles. The van der Waals surface area contributed by atoms with Gasteiger partial charge in [0.25, 0.3) is 0 Å².